The average Bonchev–Trinajstić information content (AvgIpc) is 3.40. The van der Waals surface area contributed by atoms with Gasteiger partial charge < -0.3 is 33.8 Å². The molecule has 0 saturated carbocycles. The van der Waals surface area contributed by atoms with E-state index in [9.17, 15) is 43.2 Å². The zero-order valence-electron chi connectivity index (χ0n) is 50.7. The molecule has 3 N–H and O–H groups in total. The number of carbonyl (C=O) groups excluding carboxylic acids is 4. The molecule has 5 atom stereocenters. The summed E-state index contributed by atoms with van der Waals surface area (Å²) in [6, 6.07) is 0. The van der Waals surface area contributed by atoms with Crippen molar-refractivity contribution in [3.05, 3.63) is 0 Å². The van der Waals surface area contributed by atoms with Gasteiger partial charge in [0.2, 0.25) is 0 Å². The van der Waals surface area contributed by atoms with Crippen molar-refractivity contribution in [3.63, 3.8) is 0 Å². The van der Waals surface area contributed by atoms with Crippen LogP contribution in [-0.4, -0.2) is 96.7 Å². The number of phosphoric acid groups is 2. The molecule has 0 spiro atoms. The summed E-state index contributed by atoms with van der Waals surface area (Å²) in [6.45, 7) is 9.35. The Hall–Kier alpha value is -1.94. The lowest BCUT2D eigenvalue weighted by molar-refractivity contribution is -0.161. The van der Waals surface area contributed by atoms with Crippen LogP contribution in [0.1, 0.15) is 292 Å². The number of hydrogen-bond donors (Lipinski definition) is 3. The molecule has 468 valence electrons. The van der Waals surface area contributed by atoms with E-state index in [2.05, 4.69) is 41.5 Å². The number of phosphoric ester groups is 2. The molecular weight excluding hydrogens is 1050 g/mol. The highest BCUT2D eigenvalue weighted by molar-refractivity contribution is 7.47. The predicted octanol–water partition coefficient (Wildman–Crippen LogP) is 16.1. The van der Waals surface area contributed by atoms with Crippen molar-refractivity contribution in [1.82, 2.24) is 0 Å². The first-order valence-electron chi connectivity index (χ1n) is 31.5. The van der Waals surface area contributed by atoms with E-state index in [1.165, 1.54) is 89.9 Å². The van der Waals surface area contributed by atoms with Crippen molar-refractivity contribution in [3.8, 4) is 0 Å². The van der Waals surface area contributed by atoms with Gasteiger partial charge >= 0.3 is 39.5 Å². The normalized spacial score (nSPS) is 14.4. The molecule has 0 fully saturated rings. The van der Waals surface area contributed by atoms with Gasteiger partial charge in [0.05, 0.1) is 26.4 Å². The maximum absolute atomic E-state index is 12.9. The third-order valence-corrected chi connectivity index (χ3v) is 15.6. The van der Waals surface area contributed by atoms with Gasteiger partial charge in [-0.25, -0.2) is 9.13 Å². The Morgan fingerprint density at radius 2 is 0.582 bits per heavy atom. The number of hydrogen-bond acceptors (Lipinski definition) is 15. The van der Waals surface area contributed by atoms with Gasteiger partial charge in [0, 0.05) is 25.7 Å². The van der Waals surface area contributed by atoms with Gasteiger partial charge in [0.1, 0.15) is 19.3 Å². The summed E-state index contributed by atoms with van der Waals surface area (Å²) in [6.07, 6.45) is 33.6. The van der Waals surface area contributed by atoms with Crippen LogP contribution in [0.3, 0.4) is 0 Å². The fourth-order valence-electron chi connectivity index (χ4n) is 8.82. The zero-order valence-corrected chi connectivity index (χ0v) is 52.4. The van der Waals surface area contributed by atoms with Crippen molar-refractivity contribution in [2.24, 2.45) is 11.8 Å². The SMILES string of the molecule is CCCCCCCCCCC(=O)O[C@H](COC(=O)CCCCCCCCC)COP(=O)(O)OC[C@H](O)COP(=O)(O)OC[C@@H](COC(=O)CCCCCCCCCCCC(C)C)OC(=O)CCCCCCCCCCCC(C)C. The lowest BCUT2D eigenvalue weighted by Crippen LogP contribution is -2.30. The highest BCUT2D eigenvalue weighted by atomic mass is 31.2. The Morgan fingerprint density at radius 1 is 0.342 bits per heavy atom. The second kappa shape index (κ2) is 52.8. The number of ether oxygens (including phenoxy) is 4. The number of unbranched alkanes of at least 4 members (excludes halogenated alkanes) is 29. The lowest BCUT2D eigenvalue weighted by Gasteiger charge is -2.21. The number of aliphatic hydroxyl groups excluding tert-OH is 1. The van der Waals surface area contributed by atoms with Crippen molar-refractivity contribution < 1.29 is 80.2 Å². The molecular formula is C60H116O17P2. The van der Waals surface area contributed by atoms with Gasteiger partial charge in [0.25, 0.3) is 0 Å². The maximum atomic E-state index is 12.9. The fourth-order valence-corrected chi connectivity index (χ4v) is 10.4. The average molecular weight is 1170 g/mol. The maximum Gasteiger partial charge on any atom is 0.472 e. The fraction of sp³-hybridized carbons (Fsp3) is 0.933. The molecule has 0 aromatic carbocycles. The van der Waals surface area contributed by atoms with Gasteiger partial charge in [-0.1, -0.05) is 241 Å². The van der Waals surface area contributed by atoms with E-state index in [0.717, 1.165) is 121 Å². The first kappa shape index (κ1) is 77.1. The van der Waals surface area contributed by atoms with E-state index < -0.39 is 97.5 Å². The third kappa shape index (κ3) is 55.0. The summed E-state index contributed by atoms with van der Waals surface area (Å²) in [4.78, 5) is 71.8. The van der Waals surface area contributed by atoms with Gasteiger partial charge in [-0.3, -0.25) is 37.3 Å². The summed E-state index contributed by atoms with van der Waals surface area (Å²) in [7, 11) is -9.87. The molecule has 0 aliphatic heterocycles. The Bertz CT molecular complexity index is 1560. The predicted molar refractivity (Wildman–Crippen MR) is 312 cm³/mol. The minimum absolute atomic E-state index is 0.104. The number of carbonyl (C=O) groups is 4. The minimum atomic E-state index is -4.94. The smallest absolute Gasteiger partial charge is 0.462 e. The molecule has 0 rings (SSSR count). The van der Waals surface area contributed by atoms with Crippen LogP contribution >= 0.6 is 15.6 Å². The Labute approximate surface area is 479 Å². The van der Waals surface area contributed by atoms with Crippen LogP contribution in [0, 0.1) is 11.8 Å². The molecule has 0 amide bonds. The third-order valence-electron chi connectivity index (χ3n) is 13.7. The number of rotatable bonds is 59. The van der Waals surface area contributed by atoms with E-state index >= 15 is 0 Å². The molecule has 0 aliphatic rings. The highest BCUT2D eigenvalue weighted by Gasteiger charge is 2.30. The molecule has 0 radical (unpaired) electrons. The Morgan fingerprint density at radius 3 is 0.861 bits per heavy atom. The van der Waals surface area contributed by atoms with Crippen LogP contribution in [0.2, 0.25) is 0 Å². The van der Waals surface area contributed by atoms with Gasteiger partial charge in [-0.2, -0.15) is 0 Å². The van der Waals surface area contributed by atoms with Crippen LogP contribution < -0.4 is 0 Å². The molecule has 0 aromatic heterocycles. The zero-order chi connectivity index (χ0) is 58.7. The van der Waals surface area contributed by atoms with Gasteiger partial charge in [-0.15, -0.1) is 0 Å². The number of aliphatic hydroxyl groups is 1. The molecule has 0 aliphatic carbocycles. The van der Waals surface area contributed by atoms with Crippen LogP contribution in [0.15, 0.2) is 0 Å². The largest absolute Gasteiger partial charge is 0.472 e. The molecule has 0 heterocycles. The van der Waals surface area contributed by atoms with E-state index in [-0.39, 0.29) is 25.7 Å². The summed E-state index contributed by atoms with van der Waals surface area (Å²) < 4.78 is 67.7. The topological polar surface area (TPSA) is 237 Å². The monoisotopic (exact) mass is 1170 g/mol. The summed E-state index contributed by atoms with van der Waals surface area (Å²) in [5, 5.41) is 10.5. The van der Waals surface area contributed by atoms with Crippen molar-refractivity contribution in [2.45, 2.75) is 310 Å². The van der Waals surface area contributed by atoms with Crippen LogP contribution in [-0.2, 0) is 65.4 Å². The first-order chi connectivity index (χ1) is 37.9. The van der Waals surface area contributed by atoms with E-state index in [1.54, 1.807) is 0 Å². The molecule has 0 bridgehead atoms. The van der Waals surface area contributed by atoms with E-state index in [1.807, 2.05) is 0 Å². The molecule has 19 heteroatoms. The van der Waals surface area contributed by atoms with E-state index in [0.29, 0.717) is 25.7 Å². The Balaban J connectivity index is 5.21. The molecule has 2 unspecified atom stereocenters. The summed E-state index contributed by atoms with van der Waals surface area (Å²) in [5.41, 5.74) is 0. The minimum Gasteiger partial charge on any atom is -0.462 e. The second-order valence-electron chi connectivity index (χ2n) is 22.7. The lowest BCUT2D eigenvalue weighted by atomic mass is 10.0. The number of esters is 4. The molecule has 79 heavy (non-hydrogen) atoms. The summed E-state index contributed by atoms with van der Waals surface area (Å²) in [5.74, 6) is -0.666. The standard InChI is InChI=1S/C60H116O17P2/c1-7-9-11-13-15-25-32-38-44-59(64)76-55(48-70-57(62)42-36-30-22-14-12-10-8-2)50-74-78(66,67)72-46-54(61)47-73-79(68,69)75-51-56(77-60(65)45-39-33-27-21-17-19-24-29-35-41-53(5)6)49-71-58(63)43-37-31-26-20-16-18-23-28-34-40-52(3)4/h52-56,61H,7-51H2,1-6H3,(H,66,67)(H,68,69)/t54-,55+,56+/m0/s1. The van der Waals surface area contributed by atoms with Crippen molar-refractivity contribution in [1.29, 1.82) is 0 Å². The van der Waals surface area contributed by atoms with Gasteiger partial charge in [-0.05, 0) is 37.5 Å². The van der Waals surface area contributed by atoms with Crippen LogP contribution in [0.5, 0.6) is 0 Å². The molecule has 17 nitrogen and oxygen atoms in total. The highest BCUT2D eigenvalue weighted by Crippen LogP contribution is 2.45. The van der Waals surface area contributed by atoms with Crippen molar-refractivity contribution in [2.75, 3.05) is 39.6 Å². The Kier molecular flexibility index (Phi) is 51.5. The first-order valence-corrected chi connectivity index (χ1v) is 34.5. The van der Waals surface area contributed by atoms with E-state index in [4.69, 9.17) is 37.0 Å². The van der Waals surface area contributed by atoms with Crippen LogP contribution in [0.4, 0.5) is 0 Å². The van der Waals surface area contributed by atoms with Gasteiger partial charge in [0.15, 0.2) is 12.2 Å². The molecule has 0 aromatic rings. The molecule has 0 saturated heterocycles. The van der Waals surface area contributed by atoms with Crippen LogP contribution in [0.25, 0.3) is 0 Å². The quantitative estimate of drug-likeness (QED) is 0.0222. The summed E-state index contributed by atoms with van der Waals surface area (Å²) >= 11 is 0. The second-order valence-corrected chi connectivity index (χ2v) is 25.6. The van der Waals surface area contributed by atoms with Crippen molar-refractivity contribution >= 4 is 39.5 Å².